The van der Waals surface area contributed by atoms with Crippen molar-refractivity contribution in [3.05, 3.63) is 34.3 Å². The summed E-state index contributed by atoms with van der Waals surface area (Å²) in [6.45, 7) is 1.84. The molecule has 3 atom stereocenters. The Morgan fingerprint density at radius 2 is 2.16 bits per heavy atom. The molecule has 0 amide bonds. The SMILES string of the molecule is C[C@]1(O)C[C@H](CSC#N)O[C@@H](c2ccc(Br)cc2)C1. The molecule has 0 unspecified atom stereocenters. The Morgan fingerprint density at radius 3 is 2.79 bits per heavy atom. The Hall–Kier alpha value is -0.540. The lowest BCUT2D eigenvalue weighted by atomic mass is 9.86. The van der Waals surface area contributed by atoms with Gasteiger partial charge in [0.05, 0.1) is 17.8 Å². The van der Waals surface area contributed by atoms with E-state index in [0.717, 1.165) is 10.0 Å². The summed E-state index contributed by atoms with van der Waals surface area (Å²) in [5.74, 6) is 0.597. The van der Waals surface area contributed by atoms with Crippen molar-refractivity contribution in [2.24, 2.45) is 0 Å². The van der Waals surface area contributed by atoms with Crippen LogP contribution in [-0.4, -0.2) is 22.6 Å². The highest BCUT2D eigenvalue weighted by Gasteiger charge is 2.37. The lowest BCUT2D eigenvalue weighted by Gasteiger charge is -2.39. The second-order valence-corrected chi connectivity index (χ2v) is 6.83. The molecule has 0 aliphatic carbocycles. The first kappa shape index (κ1) is 14.9. The third kappa shape index (κ3) is 4.22. The Kier molecular flexibility index (Phi) is 4.91. The summed E-state index contributed by atoms with van der Waals surface area (Å²) in [6, 6.07) is 7.96. The van der Waals surface area contributed by atoms with E-state index < -0.39 is 5.60 Å². The predicted octanol–water partition coefficient (Wildman–Crippen LogP) is 3.63. The molecule has 0 bridgehead atoms. The first-order valence-electron chi connectivity index (χ1n) is 6.14. The van der Waals surface area contributed by atoms with Gasteiger partial charge in [-0.2, -0.15) is 5.26 Å². The highest BCUT2D eigenvalue weighted by molar-refractivity contribution is 9.10. The standard InChI is InChI=1S/C14H16BrNO2S/c1-14(17)6-12(8-19-9-16)18-13(7-14)10-2-4-11(15)5-3-10/h2-5,12-13,17H,6-8H2,1H3/t12-,13-,14+/m1/s1. The largest absolute Gasteiger partial charge is 0.390 e. The molecule has 0 aromatic heterocycles. The molecule has 3 nitrogen and oxygen atoms in total. The summed E-state index contributed by atoms with van der Waals surface area (Å²) in [5.41, 5.74) is 0.326. The van der Waals surface area contributed by atoms with Crippen LogP contribution in [0.5, 0.6) is 0 Å². The third-order valence-corrected chi connectivity index (χ3v) is 4.42. The molecule has 19 heavy (non-hydrogen) atoms. The molecule has 1 saturated heterocycles. The van der Waals surface area contributed by atoms with E-state index in [1.54, 1.807) is 0 Å². The second-order valence-electron chi connectivity index (χ2n) is 5.11. The van der Waals surface area contributed by atoms with E-state index in [9.17, 15) is 5.11 Å². The summed E-state index contributed by atoms with van der Waals surface area (Å²) in [6.07, 6.45) is 0.972. The molecule has 1 fully saturated rings. The summed E-state index contributed by atoms with van der Waals surface area (Å²) < 4.78 is 7.03. The number of hydrogen-bond acceptors (Lipinski definition) is 4. The predicted molar refractivity (Wildman–Crippen MR) is 79.7 cm³/mol. The lowest BCUT2D eigenvalue weighted by molar-refractivity contribution is -0.130. The van der Waals surface area contributed by atoms with Crippen LogP contribution in [-0.2, 0) is 4.74 Å². The van der Waals surface area contributed by atoms with E-state index in [4.69, 9.17) is 10.00 Å². The zero-order valence-corrected chi connectivity index (χ0v) is 13.1. The number of thiocyanates is 1. The zero-order valence-electron chi connectivity index (χ0n) is 10.7. The van der Waals surface area contributed by atoms with Crippen molar-refractivity contribution in [3.8, 4) is 5.40 Å². The zero-order chi connectivity index (χ0) is 13.9. The van der Waals surface area contributed by atoms with Gasteiger partial charge in [-0.25, -0.2) is 0 Å². The van der Waals surface area contributed by atoms with Crippen molar-refractivity contribution in [2.45, 2.75) is 37.6 Å². The molecule has 2 rings (SSSR count). The van der Waals surface area contributed by atoms with E-state index in [1.807, 2.05) is 31.2 Å². The molecule has 0 radical (unpaired) electrons. The van der Waals surface area contributed by atoms with Gasteiger partial charge in [0.25, 0.3) is 0 Å². The molecule has 1 aliphatic rings. The minimum absolute atomic E-state index is 0.0814. The van der Waals surface area contributed by atoms with Crippen LogP contribution < -0.4 is 0 Å². The first-order chi connectivity index (χ1) is 9.00. The van der Waals surface area contributed by atoms with Crippen LogP contribution in [0.3, 0.4) is 0 Å². The molecule has 1 aromatic rings. The number of nitriles is 1. The number of aliphatic hydroxyl groups is 1. The summed E-state index contributed by atoms with van der Waals surface area (Å²) in [7, 11) is 0. The fourth-order valence-corrected chi connectivity index (χ4v) is 3.13. The molecule has 1 heterocycles. The van der Waals surface area contributed by atoms with Gasteiger partial charge in [0.15, 0.2) is 0 Å². The van der Waals surface area contributed by atoms with Crippen molar-refractivity contribution >= 4 is 27.7 Å². The van der Waals surface area contributed by atoms with Gasteiger partial charge in [-0.15, -0.1) is 0 Å². The Balaban J connectivity index is 2.11. The maximum atomic E-state index is 10.3. The Morgan fingerprint density at radius 1 is 1.47 bits per heavy atom. The number of thioether (sulfide) groups is 1. The summed E-state index contributed by atoms with van der Waals surface area (Å²) in [5, 5.41) is 21.0. The van der Waals surface area contributed by atoms with E-state index in [2.05, 4.69) is 21.3 Å². The quantitative estimate of drug-likeness (QED) is 0.853. The fraction of sp³-hybridized carbons (Fsp3) is 0.500. The molecular formula is C14H16BrNO2S. The van der Waals surface area contributed by atoms with Gasteiger partial charge >= 0.3 is 0 Å². The van der Waals surface area contributed by atoms with Crippen LogP contribution >= 0.6 is 27.7 Å². The highest BCUT2D eigenvalue weighted by atomic mass is 79.9. The van der Waals surface area contributed by atoms with Crippen LogP contribution in [0, 0.1) is 10.7 Å². The average molecular weight is 342 g/mol. The van der Waals surface area contributed by atoms with E-state index in [-0.39, 0.29) is 12.2 Å². The Labute approximate surface area is 126 Å². The fourth-order valence-electron chi connectivity index (χ4n) is 2.40. The van der Waals surface area contributed by atoms with Crippen LogP contribution in [0.2, 0.25) is 0 Å². The normalized spacial score (nSPS) is 30.8. The van der Waals surface area contributed by atoms with Crippen molar-refractivity contribution in [3.63, 3.8) is 0 Å². The monoisotopic (exact) mass is 341 g/mol. The lowest BCUT2D eigenvalue weighted by Crippen LogP contribution is -2.40. The van der Waals surface area contributed by atoms with Gasteiger partial charge in [0.2, 0.25) is 0 Å². The Bertz CT molecular complexity index is 469. The molecule has 1 N–H and O–H groups in total. The second kappa shape index (κ2) is 6.27. The minimum atomic E-state index is -0.739. The van der Waals surface area contributed by atoms with Crippen LogP contribution in [0.15, 0.2) is 28.7 Å². The van der Waals surface area contributed by atoms with E-state index in [1.165, 1.54) is 11.8 Å². The number of rotatable bonds is 3. The summed E-state index contributed by atoms with van der Waals surface area (Å²) >= 11 is 4.59. The van der Waals surface area contributed by atoms with Gasteiger partial charge in [-0.05, 0) is 36.4 Å². The number of benzene rings is 1. The number of halogens is 1. The van der Waals surface area contributed by atoms with Crippen LogP contribution in [0.4, 0.5) is 0 Å². The third-order valence-electron chi connectivity index (χ3n) is 3.22. The van der Waals surface area contributed by atoms with Crippen molar-refractivity contribution in [1.29, 1.82) is 5.26 Å². The maximum Gasteiger partial charge on any atom is 0.133 e. The van der Waals surface area contributed by atoms with Crippen molar-refractivity contribution in [1.82, 2.24) is 0 Å². The molecular weight excluding hydrogens is 326 g/mol. The molecule has 1 aliphatic heterocycles. The number of hydrogen-bond donors (Lipinski definition) is 1. The smallest absolute Gasteiger partial charge is 0.133 e. The van der Waals surface area contributed by atoms with Crippen LogP contribution in [0.25, 0.3) is 0 Å². The van der Waals surface area contributed by atoms with Crippen molar-refractivity contribution in [2.75, 3.05) is 5.75 Å². The van der Waals surface area contributed by atoms with Gasteiger partial charge in [0, 0.05) is 23.1 Å². The minimum Gasteiger partial charge on any atom is -0.390 e. The van der Waals surface area contributed by atoms with Crippen LogP contribution in [0.1, 0.15) is 31.4 Å². The molecule has 0 spiro atoms. The van der Waals surface area contributed by atoms with Gasteiger partial charge in [0.1, 0.15) is 5.40 Å². The molecule has 102 valence electrons. The number of ether oxygens (including phenoxy) is 1. The molecule has 0 saturated carbocycles. The maximum absolute atomic E-state index is 10.3. The molecule has 1 aromatic carbocycles. The first-order valence-corrected chi connectivity index (χ1v) is 7.92. The van der Waals surface area contributed by atoms with Gasteiger partial charge in [-0.1, -0.05) is 28.1 Å². The topological polar surface area (TPSA) is 53.2 Å². The highest BCUT2D eigenvalue weighted by Crippen LogP contribution is 2.38. The van der Waals surface area contributed by atoms with E-state index >= 15 is 0 Å². The van der Waals surface area contributed by atoms with E-state index in [0.29, 0.717) is 18.6 Å². The average Bonchev–Trinajstić information content (AvgIpc) is 2.35. The van der Waals surface area contributed by atoms with Crippen molar-refractivity contribution < 1.29 is 9.84 Å². The molecule has 5 heteroatoms. The van der Waals surface area contributed by atoms with Gasteiger partial charge in [-0.3, -0.25) is 0 Å². The van der Waals surface area contributed by atoms with Gasteiger partial charge < -0.3 is 9.84 Å². The number of nitrogens with zero attached hydrogens (tertiary/aromatic N) is 1. The summed E-state index contributed by atoms with van der Waals surface area (Å²) in [4.78, 5) is 0.